The zero-order valence-corrected chi connectivity index (χ0v) is 15.0. The summed E-state index contributed by atoms with van der Waals surface area (Å²) in [5.74, 6) is 0.261. The van der Waals surface area contributed by atoms with E-state index in [1.165, 1.54) is 25.7 Å². The highest BCUT2D eigenvalue weighted by atomic mass is 32.1. The number of thiocarbonyl (C=S) groups is 1. The summed E-state index contributed by atoms with van der Waals surface area (Å²) in [6, 6.07) is 4.34. The van der Waals surface area contributed by atoms with E-state index in [0.717, 1.165) is 18.9 Å². The molecule has 7 heteroatoms. The Morgan fingerprint density at radius 3 is 2.71 bits per heavy atom. The number of halogens is 1. The molecular weight excluding hydrogens is 329 g/mol. The summed E-state index contributed by atoms with van der Waals surface area (Å²) in [5, 5.41) is 3.57. The van der Waals surface area contributed by atoms with Gasteiger partial charge in [-0.05, 0) is 42.6 Å². The van der Waals surface area contributed by atoms with Gasteiger partial charge in [0.15, 0.2) is 5.11 Å². The number of rotatable bonds is 3. The number of methoxy groups -OCH3 is 1. The number of carbonyl (C=O) groups excluding carboxylic acids is 1. The molecule has 0 aliphatic heterocycles. The van der Waals surface area contributed by atoms with Crippen LogP contribution in [0.15, 0.2) is 18.2 Å². The van der Waals surface area contributed by atoms with Gasteiger partial charge in [0, 0.05) is 12.1 Å². The molecule has 1 aromatic carbocycles. The Morgan fingerprint density at radius 2 is 2.04 bits per heavy atom. The van der Waals surface area contributed by atoms with Crippen molar-refractivity contribution in [3.63, 3.8) is 0 Å². The summed E-state index contributed by atoms with van der Waals surface area (Å²) in [6.45, 7) is 4.44. The molecule has 1 fully saturated rings. The summed E-state index contributed by atoms with van der Waals surface area (Å²) in [6.07, 6.45) is 3.44. The number of hydrogen-bond acceptors (Lipinski definition) is 3. The SMILES string of the molecule is COc1ccc(C(=O)NNC(=S)N[C@H]2CCC[C@H](C)[C@H]2C)c(F)c1. The number of benzene rings is 1. The van der Waals surface area contributed by atoms with Crippen LogP contribution in [0.3, 0.4) is 0 Å². The van der Waals surface area contributed by atoms with Crippen LogP contribution in [0.25, 0.3) is 0 Å². The maximum absolute atomic E-state index is 13.9. The van der Waals surface area contributed by atoms with Crippen LogP contribution in [-0.4, -0.2) is 24.2 Å². The Bertz CT molecular complexity index is 611. The van der Waals surface area contributed by atoms with Crippen LogP contribution in [0.2, 0.25) is 0 Å². The third-order valence-corrected chi connectivity index (χ3v) is 4.95. The lowest BCUT2D eigenvalue weighted by Gasteiger charge is -2.35. The van der Waals surface area contributed by atoms with E-state index in [1.54, 1.807) is 0 Å². The monoisotopic (exact) mass is 353 g/mol. The van der Waals surface area contributed by atoms with Crippen molar-refractivity contribution in [3.8, 4) is 5.75 Å². The smallest absolute Gasteiger partial charge is 0.272 e. The van der Waals surface area contributed by atoms with Gasteiger partial charge in [0.25, 0.3) is 5.91 Å². The van der Waals surface area contributed by atoms with E-state index in [4.69, 9.17) is 17.0 Å². The molecule has 0 radical (unpaired) electrons. The molecule has 132 valence electrons. The number of ether oxygens (including phenoxy) is 1. The minimum Gasteiger partial charge on any atom is -0.497 e. The summed E-state index contributed by atoms with van der Waals surface area (Å²) < 4.78 is 18.8. The first kappa shape index (κ1) is 18.4. The molecule has 0 heterocycles. The first-order chi connectivity index (χ1) is 11.4. The van der Waals surface area contributed by atoms with Gasteiger partial charge in [0.2, 0.25) is 0 Å². The molecule has 0 spiro atoms. The summed E-state index contributed by atoms with van der Waals surface area (Å²) >= 11 is 5.22. The zero-order chi connectivity index (χ0) is 17.7. The minimum atomic E-state index is -0.651. The van der Waals surface area contributed by atoms with Crippen LogP contribution in [0.4, 0.5) is 4.39 Å². The maximum Gasteiger partial charge on any atom is 0.272 e. The number of hydrogen-bond donors (Lipinski definition) is 3. The van der Waals surface area contributed by atoms with Gasteiger partial charge >= 0.3 is 0 Å². The minimum absolute atomic E-state index is 0.0780. The molecule has 3 atom stereocenters. The topological polar surface area (TPSA) is 62.4 Å². The molecule has 1 amide bonds. The molecule has 0 unspecified atom stereocenters. The Morgan fingerprint density at radius 1 is 1.29 bits per heavy atom. The Hall–Kier alpha value is -1.89. The highest BCUT2D eigenvalue weighted by Gasteiger charge is 2.27. The number of carbonyl (C=O) groups is 1. The predicted molar refractivity (Wildman–Crippen MR) is 95.3 cm³/mol. The molecule has 0 saturated heterocycles. The molecule has 1 aliphatic rings. The Labute approximate surface area is 147 Å². The van der Waals surface area contributed by atoms with Crippen LogP contribution in [0, 0.1) is 17.7 Å². The average molecular weight is 353 g/mol. The van der Waals surface area contributed by atoms with Crippen molar-refractivity contribution in [2.45, 2.75) is 39.2 Å². The van der Waals surface area contributed by atoms with Crippen molar-refractivity contribution in [2.75, 3.05) is 7.11 Å². The molecule has 2 rings (SSSR count). The van der Waals surface area contributed by atoms with Crippen LogP contribution < -0.4 is 20.9 Å². The predicted octanol–water partition coefficient (Wildman–Crippen LogP) is 2.77. The lowest BCUT2D eigenvalue weighted by Crippen LogP contribution is -2.52. The fourth-order valence-corrected chi connectivity index (χ4v) is 3.18. The fourth-order valence-electron chi connectivity index (χ4n) is 2.98. The van der Waals surface area contributed by atoms with Crippen molar-refractivity contribution in [1.82, 2.24) is 16.2 Å². The number of hydrazine groups is 1. The molecule has 1 saturated carbocycles. The van der Waals surface area contributed by atoms with Gasteiger partial charge in [-0.1, -0.05) is 26.7 Å². The van der Waals surface area contributed by atoms with Gasteiger partial charge < -0.3 is 10.1 Å². The highest BCUT2D eigenvalue weighted by molar-refractivity contribution is 7.80. The van der Waals surface area contributed by atoms with E-state index in [0.29, 0.717) is 22.7 Å². The van der Waals surface area contributed by atoms with E-state index >= 15 is 0 Å². The molecule has 3 N–H and O–H groups in total. The normalized spacial score (nSPS) is 23.2. The van der Waals surface area contributed by atoms with E-state index in [-0.39, 0.29) is 11.6 Å². The standard InChI is InChI=1S/C17H24FN3O2S/c1-10-5-4-6-15(11(10)2)19-17(24)21-20-16(22)13-8-7-12(23-3)9-14(13)18/h7-11,15H,4-6H2,1-3H3,(H,20,22)(H2,19,21,24)/t10-,11+,15-/m0/s1. The van der Waals surface area contributed by atoms with Crippen LogP contribution in [0.5, 0.6) is 5.75 Å². The van der Waals surface area contributed by atoms with E-state index < -0.39 is 11.7 Å². The first-order valence-corrected chi connectivity index (χ1v) is 8.53. The molecular formula is C17H24FN3O2S. The molecule has 24 heavy (non-hydrogen) atoms. The second-order valence-corrected chi connectivity index (χ2v) is 6.68. The van der Waals surface area contributed by atoms with E-state index in [1.807, 2.05) is 0 Å². The summed E-state index contributed by atoms with van der Waals surface area (Å²) in [7, 11) is 1.44. The number of nitrogens with one attached hydrogen (secondary N) is 3. The fraction of sp³-hybridized carbons (Fsp3) is 0.529. The number of amides is 1. The largest absolute Gasteiger partial charge is 0.497 e. The molecule has 0 bridgehead atoms. The van der Waals surface area contributed by atoms with Crippen LogP contribution in [0.1, 0.15) is 43.5 Å². The zero-order valence-electron chi connectivity index (χ0n) is 14.2. The summed E-state index contributed by atoms with van der Waals surface area (Å²) in [5.41, 5.74) is 4.98. The van der Waals surface area contributed by atoms with Gasteiger partial charge in [-0.2, -0.15) is 0 Å². The quantitative estimate of drug-likeness (QED) is 0.576. The lowest BCUT2D eigenvalue weighted by atomic mass is 9.78. The third-order valence-electron chi connectivity index (χ3n) is 4.73. The molecule has 1 aromatic rings. The Kier molecular flexibility index (Phi) is 6.36. The van der Waals surface area contributed by atoms with Crippen molar-refractivity contribution >= 4 is 23.2 Å². The van der Waals surface area contributed by atoms with Gasteiger partial charge in [0.1, 0.15) is 11.6 Å². The maximum atomic E-state index is 13.9. The first-order valence-electron chi connectivity index (χ1n) is 8.12. The van der Waals surface area contributed by atoms with Crippen LogP contribution >= 0.6 is 12.2 Å². The second-order valence-electron chi connectivity index (χ2n) is 6.27. The molecule has 1 aliphatic carbocycles. The molecule has 0 aromatic heterocycles. The third kappa shape index (κ3) is 4.56. The van der Waals surface area contributed by atoms with Crippen LogP contribution in [-0.2, 0) is 0 Å². The van der Waals surface area contributed by atoms with Gasteiger partial charge in [-0.25, -0.2) is 4.39 Å². The second kappa shape index (κ2) is 8.28. The van der Waals surface area contributed by atoms with Crippen molar-refractivity contribution in [1.29, 1.82) is 0 Å². The lowest BCUT2D eigenvalue weighted by molar-refractivity contribution is 0.0939. The van der Waals surface area contributed by atoms with Crippen molar-refractivity contribution in [2.24, 2.45) is 11.8 Å². The van der Waals surface area contributed by atoms with Crippen molar-refractivity contribution in [3.05, 3.63) is 29.6 Å². The molecule has 5 nitrogen and oxygen atoms in total. The van der Waals surface area contributed by atoms with Gasteiger partial charge in [-0.3, -0.25) is 15.6 Å². The van der Waals surface area contributed by atoms with Gasteiger partial charge in [0.05, 0.1) is 12.7 Å². The Balaban J connectivity index is 1.86. The summed E-state index contributed by atoms with van der Waals surface area (Å²) in [4.78, 5) is 12.0. The average Bonchev–Trinajstić information content (AvgIpc) is 2.56. The van der Waals surface area contributed by atoms with E-state index in [9.17, 15) is 9.18 Å². The van der Waals surface area contributed by atoms with Crippen molar-refractivity contribution < 1.29 is 13.9 Å². The highest BCUT2D eigenvalue weighted by Crippen LogP contribution is 2.29. The van der Waals surface area contributed by atoms with E-state index in [2.05, 4.69) is 30.0 Å². The van der Waals surface area contributed by atoms with Gasteiger partial charge in [-0.15, -0.1) is 0 Å².